The highest BCUT2D eigenvalue weighted by molar-refractivity contribution is 5.78. The van der Waals surface area contributed by atoms with Crippen LogP contribution in [0.15, 0.2) is 59.4 Å². The molecule has 4 nitrogen and oxygen atoms in total. The zero-order chi connectivity index (χ0) is 18.6. The summed E-state index contributed by atoms with van der Waals surface area (Å²) in [5.41, 5.74) is 2.84. The third-order valence-electron chi connectivity index (χ3n) is 5.27. The number of H-pyrrole nitrogens is 1. The van der Waals surface area contributed by atoms with Crippen molar-refractivity contribution >= 4 is 10.9 Å². The van der Waals surface area contributed by atoms with Crippen LogP contribution in [0.5, 0.6) is 0 Å². The van der Waals surface area contributed by atoms with E-state index in [1.165, 1.54) is 17.7 Å². The van der Waals surface area contributed by atoms with Crippen molar-refractivity contribution in [2.24, 2.45) is 0 Å². The van der Waals surface area contributed by atoms with Crippen LogP contribution in [0.1, 0.15) is 11.3 Å². The Morgan fingerprint density at radius 2 is 1.67 bits per heavy atom. The fraction of sp³-hybridized carbons (Fsp3) is 0.318. The Bertz CT molecular complexity index is 962. The summed E-state index contributed by atoms with van der Waals surface area (Å²) >= 11 is 0. The molecule has 2 heterocycles. The van der Waals surface area contributed by atoms with Crippen LogP contribution in [-0.2, 0) is 13.0 Å². The largest absolute Gasteiger partial charge is 0.357 e. The van der Waals surface area contributed by atoms with Gasteiger partial charge in [0.1, 0.15) is 5.82 Å². The summed E-state index contributed by atoms with van der Waals surface area (Å²) in [6.45, 7) is 5.84. The second-order valence-electron chi connectivity index (χ2n) is 7.20. The minimum absolute atomic E-state index is 0.125. The summed E-state index contributed by atoms with van der Waals surface area (Å²) in [5.74, 6) is -0.382. The number of nitrogens with zero attached hydrogens (tertiary/aromatic N) is 2. The van der Waals surface area contributed by atoms with Crippen LogP contribution < -0.4 is 5.43 Å². The van der Waals surface area contributed by atoms with Crippen molar-refractivity contribution in [3.8, 4) is 0 Å². The van der Waals surface area contributed by atoms with Crippen LogP contribution in [0, 0.1) is 5.82 Å². The van der Waals surface area contributed by atoms with E-state index in [2.05, 4.69) is 45.1 Å². The van der Waals surface area contributed by atoms with Crippen LogP contribution in [0.2, 0.25) is 0 Å². The second kappa shape index (κ2) is 8.03. The Hall–Kier alpha value is -2.50. The summed E-state index contributed by atoms with van der Waals surface area (Å²) < 4.78 is 13.3. The summed E-state index contributed by atoms with van der Waals surface area (Å²) in [5, 5.41) is 0.407. The van der Waals surface area contributed by atoms with Crippen LogP contribution >= 0.6 is 0 Å². The molecule has 5 heteroatoms. The number of hydrogen-bond donors (Lipinski definition) is 1. The van der Waals surface area contributed by atoms with Gasteiger partial charge in [0.25, 0.3) is 0 Å². The number of aromatic amines is 1. The highest BCUT2D eigenvalue weighted by Gasteiger charge is 2.17. The maximum atomic E-state index is 13.3. The molecule has 4 rings (SSSR count). The number of benzene rings is 2. The topological polar surface area (TPSA) is 39.3 Å². The predicted molar refractivity (Wildman–Crippen MR) is 106 cm³/mol. The Morgan fingerprint density at radius 1 is 0.926 bits per heavy atom. The number of rotatable bonds is 5. The van der Waals surface area contributed by atoms with Gasteiger partial charge in [-0.05, 0) is 30.2 Å². The van der Waals surface area contributed by atoms with Crippen molar-refractivity contribution in [3.63, 3.8) is 0 Å². The quantitative estimate of drug-likeness (QED) is 0.755. The highest BCUT2D eigenvalue weighted by atomic mass is 19.1. The van der Waals surface area contributed by atoms with Crippen LogP contribution in [-0.4, -0.2) is 47.5 Å². The number of halogens is 1. The van der Waals surface area contributed by atoms with Gasteiger partial charge < -0.3 is 9.88 Å². The van der Waals surface area contributed by atoms with Crippen LogP contribution in [0.25, 0.3) is 10.9 Å². The first-order valence-electron chi connectivity index (χ1n) is 9.47. The third kappa shape index (κ3) is 4.43. The molecule has 0 radical (unpaired) electrons. The van der Waals surface area contributed by atoms with E-state index < -0.39 is 0 Å². The summed E-state index contributed by atoms with van der Waals surface area (Å²) in [6.07, 6.45) is 1.08. The van der Waals surface area contributed by atoms with Gasteiger partial charge in [0.2, 0.25) is 0 Å². The molecule has 0 amide bonds. The lowest BCUT2D eigenvalue weighted by Gasteiger charge is -2.34. The average molecular weight is 365 g/mol. The van der Waals surface area contributed by atoms with Gasteiger partial charge in [-0.1, -0.05) is 30.3 Å². The molecule has 27 heavy (non-hydrogen) atoms. The minimum Gasteiger partial charge on any atom is -0.357 e. The van der Waals surface area contributed by atoms with Gasteiger partial charge in [0.15, 0.2) is 5.43 Å². The standard InChI is InChI=1S/C22H24FN3O/c23-18-6-7-21-20(14-18)22(27)15-19(24-21)16-26-12-10-25(11-13-26)9-8-17-4-2-1-3-5-17/h1-7,14-15H,8-13,16H2,(H,24,27). The number of pyridine rings is 1. The van der Waals surface area contributed by atoms with E-state index in [9.17, 15) is 9.18 Å². The van der Waals surface area contributed by atoms with Crippen molar-refractivity contribution in [2.45, 2.75) is 13.0 Å². The van der Waals surface area contributed by atoms with E-state index in [1.807, 2.05) is 0 Å². The van der Waals surface area contributed by atoms with Crippen molar-refractivity contribution in [3.05, 3.63) is 81.9 Å². The monoisotopic (exact) mass is 365 g/mol. The zero-order valence-corrected chi connectivity index (χ0v) is 15.3. The molecule has 1 fully saturated rings. The van der Waals surface area contributed by atoms with Gasteiger partial charge in [-0.25, -0.2) is 4.39 Å². The zero-order valence-electron chi connectivity index (χ0n) is 15.3. The molecule has 1 N–H and O–H groups in total. The molecule has 0 spiro atoms. The van der Waals surface area contributed by atoms with E-state index in [-0.39, 0.29) is 11.2 Å². The van der Waals surface area contributed by atoms with Crippen molar-refractivity contribution in [2.75, 3.05) is 32.7 Å². The Labute approximate surface area is 158 Å². The van der Waals surface area contributed by atoms with Crippen molar-refractivity contribution < 1.29 is 4.39 Å². The molecule has 0 atom stereocenters. The molecular weight excluding hydrogens is 341 g/mol. The Kier molecular flexibility index (Phi) is 5.32. The molecule has 0 bridgehead atoms. The van der Waals surface area contributed by atoms with E-state index in [0.29, 0.717) is 10.9 Å². The molecular formula is C22H24FN3O. The molecule has 1 aliphatic heterocycles. The first-order valence-corrected chi connectivity index (χ1v) is 9.47. The fourth-order valence-electron chi connectivity index (χ4n) is 3.70. The maximum Gasteiger partial charge on any atom is 0.189 e. The molecule has 3 aromatic rings. The van der Waals surface area contributed by atoms with Crippen LogP contribution in [0.4, 0.5) is 4.39 Å². The van der Waals surface area contributed by atoms with Gasteiger partial charge in [-0.2, -0.15) is 0 Å². The predicted octanol–water partition coefficient (Wildman–Crippen LogP) is 3.03. The molecule has 2 aromatic carbocycles. The second-order valence-corrected chi connectivity index (χ2v) is 7.20. The smallest absolute Gasteiger partial charge is 0.189 e. The van der Waals surface area contributed by atoms with Gasteiger partial charge in [0.05, 0.1) is 0 Å². The SMILES string of the molecule is O=c1cc(CN2CCN(CCc3ccccc3)CC2)[nH]c2ccc(F)cc12. The normalized spacial score (nSPS) is 16.0. The molecule has 0 aliphatic carbocycles. The van der Waals surface area contributed by atoms with Gasteiger partial charge in [0, 0.05) is 61.9 Å². The van der Waals surface area contributed by atoms with Gasteiger partial charge in [-0.3, -0.25) is 9.69 Å². The maximum absolute atomic E-state index is 13.3. The average Bonchev–Trinajstić information content (AvgIpc) is 2.69. The molecule has 0 unspecified atom stereocenters. The number of aromatic nitrogens is 1. The summed E-state index contributed by atoms with van der Waals surface area (Å²) in [4.78, 5) is 20.4. The van der Waals surface area contributed by atoms with Gasteiger partial charge >= 0.3 is 0 Å². The van der Waals surface area contributed by atoms with E-state index in [1.54, 1.807) is 12.1 Å². The lowest BCUT2D eigenvalue weighted by Crippen LogP contribution is -2.46. The molecule has 1 aromatic heterocycles. The van der Waals surface area contributed by atoms with Crippen LogP contribution in [0.3, 0.4) is 0 Å². The van der Waals surface area contributed by atoms with Crippen molar-refractivity contribution in [1.29, 1.82) is 0 Å². The van der Waals surface area contributed by atoms with E-state index in [0.717, 1.165) is 51.4 Å². The summed E-state index contributed by atoms with van der Waals surface area (Å²) in [7, 11) is 0. The summed E-state index contributed by atoms with van der Waals surface area (Å²) in [6, 6.07) is 16.5. The number of nitrogens with one attached hydrogen (secondary N) is 1. The fourth-order valence-corrected chi connectivity index (χ4v) is 3.70. The Balaban J connectivity index is 1.33. The molecule has 0 saturated carbocycles. The molecule has 1 saturated heterocycles. The number of hydrogen-bond acceptors (Lipinski definition) is 3. The third-order valence-corrected chi connectivity index (χ3v) is 5.27. The lowest BCUT2D eigenvalue weighted by molar-refractivity contribution is 0.127. The molecule has 1 aliphatic rings. The highest BCUT2D eigenvalue weighted by Crippen LogP contribution is 2.13. The van der Waals surface area contributed by atoms with E-state index in [4.69, 9.17) is 0 Å². The first-order chi connectivity index (χ1) is 13.2. The lowest BCUT2D eigenvalue weighted by atomic mass is 10.1. The minimum atomic E-state index is -0.382. The molecule has 140 valence electrons. The number of piperazine rings is 1. The first kappa shape index (κ1) is 17.9. The van der Waals surface area contributed by atoms with Crippen molar-refractivity contribution in [1.82, 2.24) is 14.8 Å². The Morgan fingerprint density at radius 3 is 2.44 bits per heavy atom. The van der Waals surface area contributed by atoms with E-state index >= 15 is 0 Å². The number of fused-ring (bicyclic) bond motifs is 1. The van der Waals surface area contributed by atoms with Gasteiger partial charge in [-0.15, -0.1) is 0 Å².